The van der Waals surface area contributed by atoms with Crippen molar-refractivity contribution >= 4 is 53.4 Å². The van der Waals surface area contributed by atoms with Gasteiger partial charge in [-0.25, -0.2) is 9.97 Å². The first-order chi connectivity index (χ1) is 27.7. The lowest BCUT2D eigenvalue weighted by Gasteiger charge is -2.36. The van der Waals surface area contributed by atoms with E-state index in [0.717, 1.165) is 39.3 Å². The Morgan fingerprint density at radius 3 is 2.12 bits per heavy atom. The molecular weight excluding hydrogens is 699 g/mol. The maximum atomic E-state index is 5.35. The van der Waals surface area contributed by atoms with Gasteiger partial charge in [0.15, 0.2) is 5.82 Å². The summed E-state index contributed by atoms with van der Waals surface area (Å²) in [5, 5.41) is 3.72. The van der Waals surface area contributed by atoms with Crippen molar-refractivity contribution in [1.29, 1.82) is 0 Å². The van der Waals surface area contributed by atoms with E-state index in [1.54, 1.807) is 16.9 Å². The van der Waals surface area contributed by atoms with Gasteiger partial charge in [0, 0.05) is 48.4 Å². The molecule has 12 rings (SSSR count). The Balaban J connectivity index is 1.07. The van der Waals surface area contributed by atoms with Gasteiger partial charge < -0.3 is 4.57 Å². The Kier molecular flexibility index (Phi) is 7.16. The van der Waals surface area contributed by atoms with Crippen LogP contribution in [-0.2, 0) is 5.41 Å². The van der Waals surface area contributed by atoms with Crippen molar-refractivity contribution in [2.45, 2.75) is 50.0 Å². The van der Waals surface area contributed by atoms with E-state index in [0.29, 0.717) is 0 Å². The maximum Gasteiger partial charge on any atom is 0.160 e. The lowest BCUT2D eigenvalue weighted by atomic mass is 9.67. The number of thiophene rings is 1. The van der Waals surface area contributed by atoms with Crippen LogP contribution in [-0.4, -0.2) is 14.5 Å². The summed E-state index contributed by atoms with van der Waals surface area (Å²) >= 11 is 1.79. The first-order valence-corrected chi connectivity index (χ1v) is 21.0. The van der Waals surface area contributed by atoms with E-state index in [4.69, 9.17) is 9.97 Å². The Morgan fingerprint density at radius 1 is 0.571 bits per heavy atom. The standard InChI is InChI=1S/C52H39N3S/c1-4-14-33(15-5-1)51-53-48(50-49(54-51)40-19-9-11-21-47(40)56-50)36-24-27-46-42(31-36)41-30-34(23-26-45(41)55(46)37-16-6-2-7-17-37)35-22-25-39-38-18-8-10-20-43(38)52(44(39)32-35)28-12-3-13-29-52/h1-2,4-11,14-16,18-27,30-32,37H,3,12-13,17,28-29H2. The van der Waals surface area contributed by atoms with Gasteiger partial charge in [-0.05, 0) is 89.0 Å². The molecule has 0 N–H and O–H groups in total. The number of allylic oxidation sites excluding steroid dienone is 4. The fourth-order valence-corrected chi connectivity index (χ4v) is 11.5. The molecular formula is C52H39N3S. The predicted molar refractivity (Wildman–Crippen MR) is 235 cm³/mol. The lowest BCUT2D eigenvalue weighted by molar-refractivity contribution is 0.353. The van der Waals surface area contributed by atoms with Gasteiger partial charge in [-0.2, -0.15) is 0 Å². The molecule has 268 valence electrons. The van der Waals surface area contributed by atoms with Crippen molar-refractivity contribution in [2.24, 2.45) is 0 Å². The quantitative estimate of drug-likeness (QED) is 0.180. The Hall–Kier alpha value is -6.10. The normalized spacial score (nSPS) is 17.0. The van der Waals surface area contributed by atoms with Crippen molar-refractivity contribution in [1.82, 2.24) is 14.5 Å². The van der Waals surface area contributed by atoms with Crippen LogP contribution in [0.15, 0.2) is 158 Å². The minimum atomic E-state index is 0.129. The van der Waals surface area contributed by atoms with E-state index in [-0.39, 0.29) is 11.5 Å². The fourth-order valence-electron chi connectivity index (χ4n) is 10.3. The smallest absolute Gasteiger partial charge is 0.160 e. The van der Waals surface area contributed by atoms with Crippen LogP contribution in [0.5, 0.6) is 0 Å². The van der Waals surface area contributed by atoms with Crippen molar-refractivity contribution in [3.63, 3.8) is 0 Å². The summed E-state index contributed by atoms with van der Waals surface area (Å²) in [6, 6.07) is 50.0. The number of hydrogen-bond donors (Lipinski definition) is 0. The number of benzene rings is 6. The molecule has 0 amide bonds. The van der Waals surface area contributed by atoms with Gasteiger partial charge in [0.25, 0.3) is 0 Å². The molecule has 0 aliphatic heterocycles. The molecule has 56 heavy (non-hydrogen) atoms. The number of rotatable bonds is 4. The van der Waals surface area contributed by atoms with Crippen LogP contribution in [0.25, 0.3) is 87.0 Å². The van der Waals surface area contributed by atoms with E-state index in [9.17, 15) is 0 Å². The summed E-state index contributed by atoms with van der Waals surface area (Å²) in [4.78, 5) is 10.5. The zero-order chi connectivity index (χ0) is 36.8. The van der Waals surface area contributed by atoms with Crippen molar-refractivity contribution in [3.8, 4) is 44.9 Å². The molecule has 3 aliphatic carbocycles. The maximum absolute atomic E-state index is 5.35. The molecule has 1 spiro atoms. The van der Waals surface area contributed by atoms with Crippen LogP contribution < -0.4 is 0 Å². The second kappa shape index (κ2) is 12.5. The first kappa shape index (κ1) is 32.2. The number of aromatic nitrogens is 3. The molecule has 0 radical (unpaired) electrons. The highest BCUT2D eigenvalue weighted by Gasteiger charge is 2.43. The van der Waals surface area contributed by atoms with Crippen molar-refractivity contribution in [2.75, 3.05) is 0 Å². The topological polar surface area (TPSA) is 30.7 Å². The minimum Gasteiger partial charge on any atom is -0.333 e. The van der Waals surface area contributed by atoms with Crippen LogP contribution >= 0.6 is 11.3 Å². The Bertz CT molecular complexity index is 3100. The molecule has 1 atom stereocenters. The molecule has 4 heteroatoms. The average Bonchev–Trinajstić information content (AvgIpc) is 3.90. The molecule has 3 nitrogen and oxygen atoms in total. The largest absolute Gasteiger partial charge is 0.333 e. The van der Waals surface area contributed by atoms with Crippen molar-refractivity contribution in [3.05, 3.63) is 169 Å². The zero-order valence-electron chi connectivity index (χ0n) is 31.1. The van der Waals surface area contributed by atoms with Crippen LogP contribution in [0.3, 0.4) is 0 Å². The summed E-state index contributed by atoms with van der Waals surface area (Å²) < 4.78 is 4.92. The molecule has 3 aliphatic rings. The van der Waals surface area contributed by atoms with Crippen LogP contribution in [0.2, 0.25) is 0 Å². The molecule has 3 heterocycles. The molecule has 6 aromatic carbocycles. The van der Waals surface area contributed by atoms with Gasteiger partial charge >= 0.3 is 0 Å². The number of hydrogen-bond acceptors (Lipinski definition) is 3. The Morgan fingerprint density at radius 2 is 1.29 bits per heavy atom. The molecule has 0 saturated heterocycles. The van der Waals surface area contributed by atoms with Gasteiger partial charge in [-0.15, -0.1) is 11.3 Å². The highest BCUT2D eigenvalue weighted by Crippen LogP contribution is 2.56. The molecule has 3 aromatic heterocycles. The van der Waals surface area contributed by atoms with Gasteiger partial charge in [0.1, 0.15) is 0 Å². The minimum absolute atomic E-state index is 0.129. The monoisotopic (exact) mass is 737 g/mol. The second-order valence-electron chi connectivity index (χ2n) is 15.9. The fraction of sp³-hybridized carbons (Fsp3) is 0.154. The van der Waals surface area contributed by atoms with Gasteiger partial charge in [0.2, 0.25) is 0 Å². The van der Waals surface area contributed by atoms with Gasteiger partial charge in [-0.3, -0.25) is 0 Å². The van der Waals surface area contributed by atoms with E-state index < -0.39 is 0 Å². The van der Waals surface area contributed by atoms with Crippen LogP contribution in [0, 0.1) is 0 Å². The third-order valence-corrected chi connectivity index (χ3v) is 14.1. The number of fused-ring (bicyclic) bond motifs is 11. The van der Waals surface area contributed by atoms with Crippen LogP contribution in [0.4, 0.5) is 0 Å². The number of nitrogens with zero attached hydrogens (tertiary/aromatic N) is 3. The SMILES string of the molecule is C1=CCC(n2c3ccc(-c4ccc5c(c4)C4(CCCCC4)c4ccccc4-5)cc3c3cc(-c4nc(-c5ccccc5)nc5c4sc4ccccc45)ccc32)C=C1. The molecule has 0 bridgehead atoms. The highest BCUT2D eigenvalue weighted by atomic mass is 32.1. The lowest BCUT2D eigenvalue weighted by Crippen LogP contribution is -2.28. The van der Waals surface area contributed by atoms with Gasteiger partial charge in [0.05, 0.1) is 22.0 Å². The average molecular weight is 738 g/mol. The summed E-state index contributed by atoms with van der Waals surface area (Å²) in [6.45, 7) is 0. The zero-order valence-corrected chi connectivity index (χ0v) is 31.9. The summed E-state index contributed by atoms with van der Waals surface area (Å²) in [7, 11) is 0. The Labute approximate surface area is 330 Å². The molecule has 1 unspecified atom stereocenters. The summed E-state index contributed by atoms with van der Waals surface area (Å²) in [6.07, 6.45) is 16.4. The molecule has 9 aromatic rings. The van der Waals surface area contributed by atoms with E-state index >= 15 is 0 Å². The third kappa shape index (κ3) is 4.75. The summed E-state index contributed by atoms with van der Waals surface area (Å²) in [5.74, 6) is 0.759. The van der Waals surface area contributed by atoms with E-state index in [1.807, 2.05) is 6.07 Å². The second-order valence-corrected chi connectivity index (χ2v) is 17.0. The highest BCUT2D eigenvalue weighted by molar-refractivity contribution is 7.26. The van der Waals surface area contributed by atoms with E-state index in [1.165, 1.54) is 91.8 Å². The predicted octanol–water partition coefficient (Wildman–Crippen LogP) is 14.2. The van der Waals surface area contributed by atoms with Crippen molar-refractivity contribution < 1.29 is 0 Å². The van der Waals surface area contributed by atoms with E-state index in [2.05, 4.69) is 156 Å². The van der Waals surface area contributed by atoms with Crippen LogP contribution in [0.1, 0.15) is 55.7 Å². The summed E-state index contributed by atoms with van der Waals surface area (Å²) in [5.41, 5.74) is 15.3. The van der Waals surface area contributed by atoms with Gasteiger partial charge in [-0.1, -0.05) is 141 Å². The molecule has 1 saturated carbocycles. The third-order valence-electron chi connectivity index (χ3n) is 12.9. The molecule has 1 fully saturated rings. The first-order valence-electron chi connectivity index (χ1n) is 20.1.